The molecule has 0 spiro atoms. The first kappa shape index (κ1) is 24.0. The maximum Gasteiger partial charge on any atom is 0.296 e. The summed E-state index contributed by atoms with van der Waals surface area (Å²) in [5.74, 6) is 1.33. The molecule has 6 aromatic rings. The smallest absolute Gasteiger partial charge is 0.296 e. The predicted molar refractivity (Wildman–Crippen MR) is 151 cm³/mol. The number of nitrogens with zero attached hydrogens (tertiary/aromatic N) is 5. The molecule has 4 heterocycles. The summed E-state index contributed by atoms with van der Waals surface area (Å²) < 4.78 is 14.8. The highest BCUT2D eigenvalue weighted by Crippen LogP contribution is 2.35. The Hall–Kier alpha value is -5.09. The Balaban J connectivity index is 1.36. The van der Waals surface area contributed by atoms with Crippen molar-refractivity contribution in [1.29, 1.82) is 0 Å². The topological polar surface area (TPSA) is 101 Å². The summed E-state index contributed by atoms with van der Waals surface area (Å²) in [7, 11) is 0. The van der Waals surface area contributed by atoms with E-state index in [1.54, 1.807) is 10.8 Å². The van der Waals surface area contributed by atoms with Crippen molar-refractivity contribution in [2.75, 3.05) is 13.2 Å². The minimum Gasteiger partial charge on any atom is -0.486 e. The summed E-state index contributed by atoms with van der Waals surface area (Å²) in [4.78, 5) is 30.6. The molecule has 7 rings (SSSR count). The van der Waals surface area contributed by atoms with E-state index >= 15 is 0 Å². The largest absolute Gasteiger partial charge is 0.486 e. The van der Waals surface area contributed by atoms with Crippen LogP contribution in [-0.2, 0) is 6.42 Å². The molecule has 196 valence electrons. The minimum absolute atomic E-state index is 0.221. The van der Waals surface area contributed by atoms with Gasteiger partial charge in [0.2, 0.25) is 4.96 Å². The Bertz CT molecular complexity index is 2030. The molecule has 0 radical (unpaired) electrons. The zero-order chi connectivity index (χ0) is 27.1. The van der Waals surface area contributed by atoms with Gasteiger partial charge in [0.05, 0.1) is 10.2 Å². The van der Waals surface area contributed by atoms with Crippen LogP contribution in [0.4, 0.5) is 0 Å². The van der Waals surface area contributed by atoms with Crippen molar-refractivity contribution in [3.8, 4) is 28.4 Å². The standard InChI is InChI=1S/C30H21N5O4S/c36-28-23(15-19-7-3-1-4-8-19)32-35-29(37)26(40-30(35)31-28)17-21-18-34(22-9-5-2-6-10-22)33-27(21)20-11-12-24-25(16-20)39-14-13-38-24/h1-12,16-18H,13-15H2/b26-17-. The van der Waals surface area contributed by atoms with E-state index in [2.05, 4.69) is 10.1 Å². The van der Waals surface area contributed by atoms with Gasteiger partial charge < -0.3 is 9.47 Å². The predicted octanol–water partition coefficient (Wildman–Crippen LogP) is 3.27. The normalized spacial score (nSPS) is 13.2. The SMILES string of the molecule is O=c1nc2s/c(=C\c3cn(-c4ccccc4)nc3-c3ccc4c(c3)OCCO4)c(=O)n2nc1Cc1ccccc1. The second-order valence-corrected chi connectivity index (χ2v) is 10.2. The molecule has 3 aromatic heterocycles. The van der Waals surface area contributed by atoms with Crippen LogP contribution in [0.1, 0.15) is 16.8 Å². The van der Waals surface area contributed by atoms with Gasteiger partial charge >= 0.3 is 0 Å². The summed E-state index contributed by atoms with van der Waals surface area (Å²) in [6.07, 6.45) is 3.93. The first-order valence-electron chi connectivity index (χ1n) is 12.7. The lowest BCUT2D eigenvalue weighted by molar-refractivity contribution is 0.171. The second kappa shape index (κ2) is 9.90. The average molecular weight is 548 g/mol. The minimum atomic E-state index is -0.439. The molecule has 0 fully saturated rings. The highest BCUT2D eigenvalue weighted by atomic mass is 32.1. The van der Waals surface area contributed by atoms with Gasteiger partial charge in [-0.15, -0.1) is 0 Å². The van der Waals surface area contributed by atoms with E-state index in [4.69, 9.17) is 14.6 Å². The van der Waals surface area contributed by atoms with Gasteiger partial charge in [-0.2, -0.15) is 19.7 Å². The van der Waals surface area contributed by atoms with Crippen molar-refractivity contribution in [3.63, 3.8) is 0 Å². The van der Waals surface area contributed by atoms with E-state index < -0.39 is 5.56 Å². The number of hydrogen-bond donors (Lipinski definition) is 0. The van der Waals surface area contributed by atoms with Crippen molar-refractivity contribution < 1.29 is 9.47 Å². The fourth-order valence-electron chi connectivity index (χ4n) is 4.60. The van der Waals surface area contributed by atoms with Crippen LogP contribution in [-0.4, -0.2) is 37.6 Å². The Morgan fingerprint density at radius 1 is 0.875 bits per heavy atom. The lowest BCUT2D eigenvalue weighted by Gasteiger charge is -2.18. The van der Waals surface area contributed by atoms with Gasteiger partial charge in [-0.3, -0.25) is 9.59 Å². The molecule has 0 bridgehead atoms. The van der Waals surface area contributed by atoms with Crippen LogP contribution in [0.15, 0.2) is 94.6 Å². The van der Waals surface area contributed by atoms with Gasteiger partial charge in [-0.05, 0) is 42.0 Å². The third-order valence-electron chi connectivity index (χ3n) is 6.53. The first-order chi connectivity index (χ1) is 19.6. The highest BCUT2D eigenvalue weighted by molar-refractivity contribution is 7.15. The Kier molecular flexibility index (Phi) is 5.94. The number of rotatable bonds is 5. The van der Waals surface area contributed by atoms with Crippen molar-refractivity contribution in [2.24, 2.45) is 0 Å². The van der Waals surface area contributed by atoms with Crippen LogP contribution in [0.5, 0.6) is 11.5 Å². The number of fused-ring (bicyclic) bond motifs is 2. The van der Waals surface area contributed by atoms with Gasteiger partial charge in [0.25, 0.3) is 11.1 Å². The summed E-state index contributed by atoms with van der Waals surface area (Å²) in [6.45, 7) is 0.977. The summed E-state index contributed by atoms with van der Waals surface area (Å²) in [6, 6.07) is 24.9. The Morgan fingerprint density at radius 2 is 1.62 bits per heavy atom. The number of benzene rings is 3. The molecule has 40 heavy (non-hydrogen) atoms. The summed E-state index contributed by atoms with van der Waals surface area (Å²) >= 11 is 1.12. The van der Waals surface area contributed by atoms with Crippen LogP contribution in [0.25, 0.3) is 28.0 Å². The van der Waals surface area contributed by atoms with Crippen molar-refractivity contribution in [3.05, 3.63) is 127 Å². The number of aromatic nitrogens is 5. The van der Waals surface area contributed by atoms with Gasteiger partial charge in [-0.25, -0.2) is 4.68 Å². The molecular formula is C30H21N5O4S. The molecule has 0 atom stereocenters. The van der Waals surface area contributed by atoms with Crippen molar-refractivity contribution in [2.45, 2.75) is 6.42 Å². The molecule has 0 amide bonds. The van der Waals surface area contributed by atoms with E-state index in [9.17, 15) is 9.59 Å². The lowest BCUT2D eigenvalue weighted by atomic mass is 10.1. The van der Waals surface area contributed by atoms with Gasteiger partial charge in [-0.1, -0.05) is 59.9 Å². The zero-order valence-electron chi connectivity index (χ0n) is 21.1. The molecule has 0 aliphatic carbocycles. The molecular weight excluding hydrogens is 526 g/mol. The number of thiazole rings is 1. The van der Waals surface area contributed by atoms with E-state index in [0.717, 1.165) is 33.7 Å². The van der Waals surface area contributed by atoms with Crippen LogP contribution in [0.3, 0.4) is 0 Å². The molecule has 0 saturated carbocycles. The van der Waals surface area contributed by atoms with Crippen LogP contribution < -0.4 is 25.1 Å². The molecule has 0 unspecified atom stereocenters. The average Bonchev–Trinajstić information content (AvgIpc) is 3.55. The Labute approximate surface area is 231 Å². The molecule has 10 heteroatoms. The fourth-order valence-corrected chi connectivity index (χ4v) is 5.50. The van der Waals surface area contributed by atoms with Crippen LogP contribution in [0, 0.1) is 0 Å². The second-order valence-electron chi connectivity index (χ2n) is 9.21. The van der Waals surface area contributed by atoms with Gasteiger partial charge in [0, 0.05) is 23.7 Å². The lowest BCUT2D eigenvalue weighted by Crippen LogP contribution is -2.28. The van der Waals surface area contributed by atoms with Crippen molar-refractivity contribution >= 4 is 22.4 Å². The number of hydrogen-bond acceptors (Lipinski definition) is 8. The molecule has 0 saturated heterocycles. The first-order valence-corrected chi connectivity index (χ1v) is 13.5. The third-order valence-corrected chi connectivity index (χ3v) is 7.49. The maximum absolute atomic E-state index is 13.4. The van der Waals surface area contributed by atoms with Crippen LogP contribution in [0.2, 0.25) is 0 Å². The summed E-state index contributed by atoms with van der Waals surface area (Å²) in [5.41, 5.74) is 3.43. The van der Waals surface area contributed by atoms with E-state index in [1.807, 2.05) is 85.1 Å². The van der Waals surface area contributed by atoms with Crippen LogP contribution >= 0.6 is 11.3 Å². The molecule has 9 nitrogen and oxygen atoms in total. The molecule has 1 aliphatic heterocycles. The van der Waals surface area contributed by atoms with E-state index in [1.165, 1.54) is 4.52 Å². The summed E-state index contributed by atoms with van der Waals surface area (Å²) in [5, 5.41) is 9.24. The molecule has 1 aliphatic rings. The highest BCUT2D eigenvalue weighted by Gasteiger charge is 2.18. The fraction of sp³-hybridized carbons (Fsp3) is 0.100. The zero-order valence-corrected chi connectivity index (χ0v) is 21.9. The monoisotopic (exact) mass is 547 g/mol. The molecule has 3 aromatic carbocycles. The van der Waals surface area contributed by atoms with Gasteiger partial charge in [0.15, 0.2) is 11.5 Å². The number of ether oxygens (including phenoxy) is 2. The van der Waals surface area contributed by atoms with E-state index in [-0.39, 0.29) is 16.2 Å². The Morgan fingerprint density at radius 3 is 2.42 bits per heavy atom. The van der Waals surface area contributed by atoms with Gasteiger partial charge in [0.1, 0.15) is 24.6 Å². The quantitative estimate of drug-likeness (QED) is 0.327. The maximum atomic E-state index is 13.4. The van der Waals surface area contributed by atoms with Crippen molar-refractivity contribution in [1.82, 2.24) is 24.4 Å². The molecule has 0 N–H and O–H groups in total. The number of para-hydroxylation sites is 1. The third kappa shape index (κ3) is 4.44. The van der Waals surface area contributed by atoms with E-state index in [0.29, 0.717) is 41.4 Å².